The fourth-order valence-electron chi connectivity index (χ4n) is 8.65. The van der Waals surface area contributed by atoms with E-state index in [-0.39, 0.29) is 0 Å². The van der Waals surface area contributed by atoms with Crippen molar-refractivity contribution in [3.05, 3.63) is 200 Å². The Bertz CT molecular complexity index is 3580. The Hall–Kier alpha value is -8.15. The van der Waals surface area contributed by atoms with Crippen LogP contribution in [0.1, 0.15) is 0 Å². The van der Waals surface area contributed by atoms with E-state index in [9.17, 15) is 0 Å². The van der Waals surface area contributed by atoms with Crippen LogP contribution in [0.25, 0.3) is 122 Å². The van der Waals surface area contributed by atoms with E-state index in [0.717, 1.165) is 116 Å². The summed E-state index contributed by atoms with van der Waals surface area (Å²) in [5, 5.41) is 5.51. The molecule has 0 radical (unpaired) electrons. The van der Waals surface area contributed by atoms with Gasteiger partial charge in [0.05, 0.1) is 16.9 Å². The molecule has 12 aromatic rings. The molecule has 8 aromatic carbocycles. The fraction of sp³-hybridized carbons (Fsp3) is 0. The molecular weight excluding hydrogens is 735 g/mol. The van der Waals surface area contributed by atoms with E-state index in [1.54, 1.807) is 0 Å². The topological polar surface area (TPSA) is 65.0 Å². The summed E-state index contributed by atoms with van der Waals surface area (Å²) in [5.41, 5.74) is 15.7. The lowest BCUT2D eigenvalue weighted by Crippen LogP contribution is -1.96. The normalized spacial score (nSPS) is 11.7. The third-order valence-electron chi connectivity index (χ3n) is 11.6. The molecular formula is C55H33N3O2. The van der Waals surface area contributed by atoms with Crippen LogP contribution in [-0.4, -0.2) is 15.0 Å². The number of fused-ring (bicyclic) bond motifs is 7. The molecule has 0 unspecified atom stereocenters. The Morgan fingerprint density at radius 2 is 0.933 bits per heavy atom. The number of hydrogen-bond acceptors (Lipinski definition) is 5. The largest absolute Gasteiger partial charge is 0.456 e. The maximum absolute atomic E-state index is 6.70. The first kappa shape index (κ1) is 33.9. The van der Waals surface area contributed by atoms with Crippen molar-refractivity contribution in [2.75, 3.05) is 0 Å². The smallest absolute Gasteiger partial charge is 0.160 e. The van der Waals surface area contributed by atoms with Crippen molar-refractivity contribution in [1.29, 1.82) is 0 Å². The first-order valence-corrected chi connectivity index (χ1v) is 20.1. The Morgan fingerprint density at radius 1 is 0.333 bits per heavy atom. The van der Waals surface area contributed by atoms with Crippen molar-refractivity contribution in [3.8, 4) is 67.3 Å². The molecule has 12 rings (SSSR count). The molecule has 5 nitrogen and oxygen atoms in total. The highest BCUT2D eigenvalue weighted by molar-refractivity contribution is 6.17. The van der Waals surface area contributed by atoms with Crippen LogP contribution in [-0.2, 0) is 0 Å². The Labute approximate surface area is 344 Å². The van der Waals surface area contributed by atoms with Crippen LogP contribution in [0.3, 0.4) is 0 Å². The van der Waals surface area contributed by atoms with Gasteiger partial charge in [0.1, 0.15) is 22.3 Å². The summed E-state index contributed by atoms with van der Waals surface area (Å²) in [6.07, 6.45) is 1.83. The predicted molar refractivity (Wildman–Crippen MR) is 245 cm³/mol. The molecule has 60 heavy (non-hydrogen) atoms. The molecule has 0 atom stereocenters. The van der Waals surface area contributed by atoms with Gasteiger partial charge in [-0.05, 0) is 76.3 Å². The Kier molecular flexibility index (Phi) is 7.78. The summed E-state index contributed by atoms with van der Waals surface area (Å²) in [4.78, 5) is 14.8. The highest BCUT2D eigenvalue weighted by atomic mass is 16.3. The minimum absolute atomic E-state index is 0.669. The second-order valence-corrected chi connectivity index (χ2v) is 15.1. The molecule has 0 bridgehead atoms. The molecule has 280 valence electrons. The van der Waals surface area contributed by atoms with Gasteiger partial charge >= 0.3 is 0 Å². The molecule has 5 heteroatoms. The van der Waals surface area contributed by atoms with Crippen LogP contribution in [0, 0.1) is 0 Å². The van der Waals surface area contributed by atoms with Crippen LogP contribution < -0.4 is 0 Å². The van der Waals surface area contributed by atoms with Crippen LogP contribution in [0.2, 0.25) is 0 Å². The van der Waals surface area contributed by atoms with Gasteiger partial charge in [-0.15, -0.1) is 0 Å². The molecule has 0 spiro atoms. The van der Waals surface area contributed by atoms with Gasteiger partial charge in [-0.2, -0.15) is 0 Å². The summed E-state index contributed by atoms with van der Waals surface area (Å²) < 4.78 is 12.9. The molecule has 0 aliphatic rings. The van der Waals surface area contributed by atoms with Crippen molar-refractivity contribution in [3.63, 3.8) is 0 Å². The van der Waals surface area contributed by atoms with Crippen LogP contribution in [0.15, 0.2) is 209 Å². The molecule has 0 aliphatic carbocycles. The van der Waals surface area contributed by atoms with Crippen molar-refractivity contribution in [2.45, 2.75) is 0 Å². The van der Waals surface area contributed by atoms with Gasteiger partial charge in [-0.1, -0.05) is 146 Å². The predicted octanol–water partition coefficient (Wildman–Crippen LogP) is 14.8. The highest BCUT2D eigenvalue weighted by Crippen LogP contribution is 2.43. The molecule has 0 fully saturated rings. The van der Waals surface area contributed by atoms with Gasteiger partial charge in [0.25, 0.3) is 0 Å². The summed E-state index contributed by atoms with van der Waals surface area (Å²) in [6, 6.07) is 67.2. The average Bonchev–Trinajstić information content (AvgIpc) is 3.90. The monoisotopic (exact) mass is 767 g/mol. The van der Waals surface area contributed by atoms with Gasteiger partial charge < -0.3 is 8.83 Å². The van der Waals surface area contributed by atoms with Gasteiger partial charge in [0, 0.05) is 55.4 Å². The standard InChI is InChI=1S/C55H33N3O2/c1-2-10-36(11-3-1)48-33-49(58-55(57-48)38-25-21-34(22-26-38)40-14-8-16-47-43(40)15-9-31-56-47)37-23-19-35(20-24-37)42-29-28-41(53-45-13-5-7-18-51(45)60-54(42)53)39-27-30-52-46(32-39)44-12-4-6-17-50(44)59-52/h1-33H. The highest BCUT2D eigenvalue weighted by Gasteiger charge is 2.19. The van der Waals surface area contributed by atoms with E-state index >= 15 is 0 Å². The number of hydrogen-bond donors (Lipinski definition) is 0. The number of pyridine rings is 1. The van der Waals surface area contributed by atoms with E-state index < -0.39 is 0 Å². The lowest BCUT2D eigenvalue weighted by Gasteiger charge is -2.12. The first-order chi connectivity index (χ1) is 29.7. The molecule has 0 N–H and O–H groups in total. The van der Waals surface area contributed by atoms with E-state index in [2.05, 4.69) is 145 Å². The first-order valence-electron chi connectivity index (χ1n) is 20.1. The van der Waals surface area contributed by atoms with Crippen molar-refractivity contribution >= 4 is 54.8 Å². The quantitative estimate of drug-likeness (QED) is 0.169. The number of rotatable bonds is 6. The Balaban J connectivity index is 0.941. The minimum atomic E-state index is 0.669. The number of benzene rings is 8. The molecule has 0 amide bonds. The molecule has 0 saturated carbocycles. The second-order valence-electron chi connectivity index (χ2n) is 15.1. The lowest BCUT2D eigenvalue weighted by atomic mass is 9.93. The molecule has 4 aromatic heterocycles. The molecule has 4 heterocycles. The molecule has 0 aliphatic heterocycles. The van der Waals surface area contributed by atoms with Gasteiger partial charge in [0.15, 0.2) is 5.82 Å². The third kappa shape index (κ3) is 5.67. The lowest BCUT2D eigenvalue weighted by molar-refractivity contribution is 0.669. The Morgan fingerprint density at radius 3 is 1.73 bits per heavy atom. The minimum Gasteiger partial charge on any atom is -0.456 e. The van der Waals surface area contributed by atoms with E-state index in [4.69, 9.17) is 18.8 Å². The summed E-state index contributed by atoms with van der Waals surface area (Å²) in [7, 11) is 0. The van der Waals surface area contributed by atoms with Crippen molar-refractivity contribution in [1.82, 2.24) is 15.0 Å². The number of para-hydroxylation sites is 2. The average molecular weight is 768 g/mol. The zero-order chi connectivity index (χ0) is 39.6. The van der Waals surface area contributed by atoms with Crippen LogP contribution >= 0.6 is 0 Å². The van der Waals surface area contributed by atoms with Gasteiger partial charge in [-0.3, -0.25) is 4.98 Å². The van der Waals surface area contributed by atoms with Crippen molar-refractivity contribution < 1.29 is 8.83 Å². The summed E-state index contributed by atoms with van der Waals surface area (Å²) in [6.45, 7) is 0. The third-order valence-corrected chi connectivity index (χ3v) is 11.6. The van der Waals surface area contributed by atoms with E-state index in [1.807, 2.05) is 60.8 Å². The number of nitrogens with zero attached hydrogens (tertiary/aromatic N) is 3. The fourth-order valence-corrected chi connectivity index (χ4v) is 8.65. The number of furan rings is 2. The van der Waals surface area contributed by atoms with Crippen LogP contribution in [0.5, 0.6) is 0 Å². The van der Waals surface area contributed by atoms with E-state index in [1.165, 1.54) is 0 Å². The zero-order valence-corrected chi connectivity index (χ0v) is 32.2. The van der Waals surface area contributed by atoms with Crippen molar-refractivity contribution in [2.24, 2.45) is 0 Å². The maximum atomic E-state index is 6.70. The van der Waals surface area contributed by atoms with Gasteiger partial charge in [-0.25, -0.2) is 9.97 Å². The van der Waals surface area contributed by atoms with E-state index in [0.29, 0.717) is 5.82 Å². The SMILES string of the molecule is c1ccc(-c2cc(-c3ccc(-c4ccc(-c5ccc6oc7ccccc7c6c5)c5c4oc4ccccc45)cc3)nc(-c3ccc(-c4cccc5ncccc45)cc3)n2)cc1. The van der Waals surface area contributed by atoms with Gasteiger partial charge in [0.2, 0.25) is 0 Å². The molecule has 0 saturated heterocycles. The second kappa shape index (κ2) is 13.8. The maximum Gasteiger partial charge on any atom is 0.160 e. The zero-order valence-electron chi connectivity index (χ0n) is 32.2. The van der Waals surface area contributed by atoms with Crippen LogP contribution in [0.4, 0.5) is 0 Å². The summed E-state index contributed by atoms with van der Waals surface area (Å²) in [5.74, 6) is 0.669. The number of aromatic nitrogens is 3. The summed E-state index contributed by atoms with van der Waals surface area (Å²) >= 11 is 0.